The van der Waals surface area contributed by atoms with Gasteiger partial charge < -0.3 is 15.8 Å². The van der Waals surface area contributed by atoms with Crippen LogP contribution in [0.4, 0.5) is 11.5 Å². The van der Waals surface area contributed by atoms with Gasteiger partial charge in [0.25, 0.3) is 0 Å². The van der Waals surface area contributed by atoms with Crippen molar-refractivity contribution in [2.45, 2.75) is 26.3 Å². The van der Waals surface area contributed by atoms with E-state index in [2.05, 4.69) is 24.1 Å². The number of pyridine rings is 1. The number of nitrogens with one attached hydrogen (secondary N) is 1. The van der Waals surface area contributed by atoms with E-state index in [-0.39, 0.29) is 6.04 Å². The molecule has 1 atom stereocenters. The van der Waals surface area contributed by atoms with Gasteiger partial charge in [0.1, 0.15) is 0 Å². The standard InChI is InChI=1S/C16H21N3O/c1-3-11-20-15-9-6-10-18-16(15)19-12(2)13-7-4-5-8-14(13)17/h4-10,12H,3,11,17H2,1-2H3,(H,18,19). The number of para-hydroxylation sites is 1. The van der Waals surface area contributed by atoms with E-state index in [4.69, 9.17) is 10.5 Å². The Labute approximate surface area is 120 Å². The van der Waals surface area contributed by atoms with Crippen molar-refractivity contribution in [1.29, 1.82) is 0 Å². The first-order valence-electron chi connectivity index (χ1n) is 6.91. The van der Waals surface area contributed by atoms with Crippen LogP contribution in [-0.4, -0.2) is 11.6 Å². The van der Waals surface area contributed by atoms with Crippen LogP contribution in [0.5, 0.6) is 5.75 Å². The first-order chi connectivity index (χ1) is 9.72. The van der Waals surface area contributed by atoms with Crippen molar-refractivity contribution < 1.29 is 4.74 Å². The number of anilines is 2. The number of nitrogens with zero attached hydrogens (tertiary/aromatic N) is 1. The summed E-state index contributed by atoms with van der Waals surface area (Å²) in [6.45, 7) is 4.82. The lowest BCUT2D eigenvalue weighted by Gasteiger charge is -2.18. The van der Waals surface area contributed by atoms with Gasteiger partial charge >= 0.3 is 0 Å². The van der Waals surface area contributed by atoms with Gasteiger partial charge in [0.15, 0.2) is 11.6 Å². The molecule has 3 N–H and O–H groups in total. The third-order valence-corrected chi connectivity index (χ3v) is 3.05. The number of nitrogens with two attached hydrogens (primary N) is 1. The second-order valence-electron chi connectivity index (χ2n) is 4.69. The van der Waals surface area contributed by atoms with Crippen molar-refractivity contribution >= 4 is 11.5 Å². The number of benzene rings is 1. The van der Waals surface area contributed by atoms with Gasteiger partial charge in [-0.25, -0.2) is 4.98 Å². The molecule has 0 spiro atoms. The predicted octanol–water partition coefficient (Wildman–Crippen LogP) is 3.63. The molecule has 0 aliphatic rings. The highest BCUT2D eigenvalue weighted by Crippen LogP contribution is 2.28. The zero-order valence-electron chi connectivity index (χ0n) is 12.0. The Kier molecular flexibility index (Phi) is 4.82. The van der Waals surface area contributed by atoms with Crippen LogP contribution in [0, 0.1) is 0 Å². The zero-order chi connectivity index (χ0) is 14.4. The molecular formula is C16H21N3O. The Hall–Kier alpha value is -2.23. The van der Waals surface area contributed by atoms with Crippen LogP contribution in [0.15, 0.2) is 42.6 Å². The lowest BCUT2D eigenvalue weighted by Crippen LogP contribution is -2.11. The molecule has 0 aliphatic heterocycles. The maximum absolute atomic E-state index is 6.00. The van der Waals surface area contributed by atoms with E-state index in [1.54, 1.807) is 6.20 Å². The highest BCUT2D eigenvalue weighted by atomic mass is 16.5. The summed E-state index contributed by atoms with van der Waals surface area (Å²) in [5, 5.41) is 3.36. The molecule has 0 saturated heterocycles. The minimum absolute atomic E-state index is 0.0649. The van der Waals surface area contributed by atoms with Crippen molar-refractivity contribution in [3.05, 3.63) is 48.2 Å². The van der Waals surface area contributed by atoms with E-state index in [1.165, 1.54) is 0 Å². The second kappa shape index (κ2) is 6.80. The molecule has 20 heavy (non-hydrogen) atoms. The summed E-state index contributed by atoms with van der Waals surface area (Å²) >= 11 is 0. The van der Waals surface area contributed by atoms with Gasteiger partial charge in [-0.15, -0.1) is 0 Å². The molecule has 1 aromatic heterocycles. The monoisotopic (exact) mass is 271 g/mol. The zero-order valence-corrected chi connectivity index (χ0v) is 12.0. The van der Waals surface area contributed by atoms with E-state index in [0.29, 0.717) is 6.61 Å². The molecule has 0 aliphatic carbocycles. The summed E-state index contributed by atoms with van der Waals surface area (Å²) in [6, 6.07) is 11.7. The van der Waals surface area contributed by atoms with Crippen LogP contribution in [0.25, 0.3) is 0 Å². The summed E-state index contributed by atoms with van der Waals surface area (Å²) in [6.07, 6.45) is 2.72. The molecule has 2 aromatic rings. The van der Waals surface area contributed by atoms with Gasteiger partial charge in [0.05, 0.1) is 12.6 Å². The first-order valence-corrected chi connectivity index (χ1v) is 6.91. The maximum atomic E-state index is 6.00. The number of hydrogen-bond acceptors (Lipinski definition) is 4. The minimum atomic E-state index is 0.0649. The summed E-state index contributed by atoms with van der Waals surface area (Å²) < 4.78 is 5.70. The number of hydrogen-bond donors (Lipinski definition) is 2. The average Bonchev–Trinajstić information content (AvgIpc) is 2.46. The quantitative estimate of drug-likeness (QED) is 0.788. The average molecular weight is 271 g/mol. The Morgan fingerprint density at radius 3 is 2.80 bits per heavy atom. The summed E-state index contributed by atoms with van der Waals surface area (Å²) in [5.74, 6) is 1.52. The van der Waals surface area contributed by atoms with E-state index in [1.807, 2.05) is 36.4 Å². The SMILES string of the molecule is CCCOc1cccnc1NC(C)c1ccccc1N. The Morgan fingerprint density at radius 1 is 1.25 bits per heavy atom. The third-order valence-electron chi connectivity index (χ3n) is 3.05. The first kappa shape index (κ1) is 14.2. The van der Waals surface area contributed by atoms with Gasteiger partial charge in [0.2, 0.25) is 0 Å². The van der Waals surface area contributed by atoms with Crippen molar-refractivity contribution in [3.63, 3.8) is 0 Å². The van der Waals surface area contributed by atoms with Crippen molar-refractivity contribution in [1.82, 2.24) is 4.98 Å². The van der Waals surface area contributed by atoms with Gasteiger partial charge in [0, 0.05) is 11.9 Å². The smallest absolute Gasteiger partial charge is 0.169 e. The van der Waals surface area contributed by atoms with Crippen LogP contribution in [0.1, 0.15) is 31.9 Å². The molecule has 2 rings (SSSR count). The van der Waals surface area contributed by atoms with Crippen LogP contribution < -0.4 is 15.8 Å². The third kappa shape index (κ3) is 3.41. The molecule has 4 heteroatoms. The number of aromatic nitrogens is 1. The molecule has 4 nitrogen and oxygen atoms in total. The van der Waals surface area contributed by atoms with Crippen molar-refractivity contribution in [2.75, 3.05) is 17.7 Å². The van der Waals surface area contributed by atoms with E-state index in [0.717, 1.165) is 29.2 Å². The topological polar surface area (TPSA) is 60.2 Å². The predicted molar refractivity (Wildman–Crippen MR) is 82.9 cm³/mol. The number of ether oxygens (including phenoxy) is 1. The highest BCUT2D eigenvalue weighted by Gasteiger charge is 2.12. The summed E-state index contributed by atoms with van der Waals surface area (Å²) in [5.41, 5.74) is 7.83. The van der Waals surface area contributed by atoms with E-state index >= 15 is 0 Å². The van der Waals surface area contributed by atoms with Crippen LogP contribution >= 0.6 is 0 Å². The normalized spacial score (nSPS) is 11.9. The van der Waals surface area contributed by atoms with Gasteiger partial charge in [-0.2, -0.15) is 0 Å². The Balaban J connectivity index is 2.15. The van der Waals surface area contributed by atoms with Crippen LogP contribution in [-0.2, 0) is 0 Å². The Morgan fingerprint density at radius 2 is 2.05 bits per heavy atom. The lowest BCUT2D eigenvalue weighted by atomic mass is 10.1. The number of rotatable bonds is 6. The van der Waals surface area contributed by atoms with E-state index < -0.39 is 0 Å². The fraction of sp³-hybridized carbons (Fsp3) is 0.312. The van der Waals surface area contributed by atoms with Crippen molar-refractivity contribution in [3.8, 4) is 5.75 Å². The largest absolute Gasteiger partial charge is 0.490 e. The molecule has 0 radical (unpaired) electrons. The fourth-order valence-corrected chi connectivity index (χ4v) is 2.02. The minimum Gasteiger partial charge on any atom is -0.490 e. The van der Waals surface area contributed by atoms with Gasteiger partial charge in [-0.3, -0.25) is 0 Å². The molecule has 0 fully saturated rings. The van der Waals surface area contributed by atoms with Gasteiger partial charge in [-0.05, 0) is 37.1 Å². The maximum Gasteiger partial charge on any atom is 0.169 e. The van der Waals surface area contributed by atoms with Crippen LogP contribution in [0.2, 0.25) is 0 Å². The molecule has 1 heterocycles. The molecule has 1 unspecified atom stereocenters. The molecule has 0 bridgehead atoms. The fourth-order valence-electron chi connectivity index (χ4n) is 2.02. The Bertz CT molecular complexity index is 557. The van der Waals surface area contributed by atoms with E-state index in [9.17, 15) is 0 Å². The molecule has 0 amide bonds. The second-order valence-corrected chi connectivity index (χ2v) is 4.69. The van der Waals surface area contributed by atoms with Crippen LogP contribution in [0.3, 0.4) is 0 Å². The molecule has 1 aromatic carbocycles. The molecule has 0 saturated carbocycles. The molecular weight excluding hydrogens is 250 g/mol. The van der Waals surface area contributed by atoms with Gasteiger partial charge in [-0.1, -0.05) is 25.1 Å². The summed E-state index contributed by atoms with van der Waals surface area (Å²) in [7, 11) is 0. The van der Waals surface area contributed by atoms with Crippen molar-refractivity contribution in [2.24, 2.45) is 0 Å². The molecule has 106 valence electrons. The number of nitrogen functional groups attached to an aromatic ring is 1. The summed E-state index contributed by atoms with van der Waals surface area (Å²) in [4.78, 5) is 4.35. The highest BCUT2D eigenvalue weighted by molar-refractivity contribution is 5.55. The lowest BCUT2D eigenvalue weighted by molar-refractivity contribution is 0.317.